The standard InChI is InChI=1S/C17H27BrN2S/c1-13(2)10-19-11-14-5-6-15(18)9-16(14)20-7-8-21-17(3,4)12-20/h5-6,9,13,19H,7-8,10-12H2,1-4H3. The van der Waals surface area contributed by atoms with E-state index in [1.165, 1.54) is 21.5 Å². The first-order chi connectivity index (χ1) is 9.87. The Labute approximate surface area is 142 Å². The molecule has 1 aliphatic rings. The molecule has 1 saturated heterocycles. The molecule has 2 rings (SSSR count). The van der Waals surface area contributed by atoms with Crippen LogP contribution in [-0.4, -0.2) is 30.1 Å². The molecule has 1 fully saturated rings. The lowest BCUT2D eigenvalue weighted by Crippen LogP contribution is -2.43. The Hall–Kier alpha value is -0.190. The van der Waals surface area contributed by atoms with E-state index in [1.54, 1.807) is 0 Å². The third-order valence-corrected chi connectivity index (χ3v) is 5.47. The average Bonchev–Trinajstić information content (AvgIpc) is 2.39. The molecule has 1 aromatic rings. The van der Waals surface area contributed by atoms with Crippen molar-refractivity contribution in [2.45, 2.75) is 39.0 Å². The molecular weight excluding hydrogens is 344 g/mol. The largest absolute Gasteiger partial charge is 0.369 e. The van der Waals surface area contributed by atoms with Crippen molar-refractivity contribution in [1.82, 2.24) is 5.32 Å². The topological polar surface area (TPSA) is 15.3 Å². The first-order valence-electron chi connectivity index (χ1n) is 7.75. The van der Waals surface area contributed by atoms with E-state index in [2.05, 4.69) is 83.8 Å². The molecule has 0 spiro atoms. The fourth-order valence-electron chi connectivity index (χ4n) is 2.70. The van der Waals surface area contributed by atoms with Crippen molar-refractivity contribution in [2.24, 2.45) is 5.92 Å². The zero-order valence-electron chi connectivity index (χ0n) is 13.6. The molecule has 1 aliphatic heterocycles. The van der Waals surface area contributed by atoms with Gasteiger partial charge in [-0.2, -0.15) is 11.8 Å². The maximum Gasteiger partial charge on any atom is 0.0423 e. The second-order valence-corrected chi connectivity index (χ2v) is 9.55. The van der Waals surface area contributed by atoms with E-state index in [9.17, 15) is 0 Å². The Morgan fingerprint density at radius 2 is 2.14 bits per heavy atom. The van der Waals surface area contributed by atoms with Gasteiger partial charge in [-0.3, -0.25) is 0 Å². The van der Waals surface area contributed by atoms with Crippen molar-refractivity contribution in [3.8, 4) is 0 Å². The third-order valence-electron chi connectivity index (χ3n) is 3.68. The number of nitrogens with zero attached hydrogens (tertiary/aromatic N) is 1. The van der Waals surface area contributed by atoms with Crippen molar-refractivity contribution in [1.29, 1.82) is 0 Å². The quantitative estimate of drug-likeness (QED) is 0.819. The summed E-state index contributed by atoms with van der Waals surface area (Å²) in [6.45, 7) is 13.5. The molecule has 21 heavy (non-hydrogen) atoms. The van der Waals surface area contributed by atoms with E-state index in [0.29, 0.717) is 10.7 Å². The summed E-state index contributed by atoms with van der Waals surface area (Å²) in [6, 6.07) is 6.68. The number of hydrogen-bond donors (Lipinski definition) is 1. The Bertz CT molecular complexity index is 474. The minimum Gasteiger partial charge on any atom is -0.369 e. The molecule has 0 radical (unpaired) electrons. The van der Waals surface area contributed by atoms with Crippen molar-refractivity contribution in [3.05, 3.63) is 28.2 Å². The normalized spacial score (nSPS) is 18.3. The highest BCUT2D eigenvalue weighted by atomic mass is 79.9. The van der Waals surface area contributed by atoms with Crippen molar-refractivity contribution in [2.75, 3.05) is 30.3 Å². The minimum absolute atomic E-state index is 0.337. The van der Waals surface area contributed by atoms with Crippen LogP contribution >= 0.6 is 27.7 Å². The number of nitrogens with one attached hydrogen (secondary N) is 1. The third kappa shape index (κ3) is 5.19. The highest BCUT2D eigenvalue weighted by Gasteiger charge is 2.28. The van der Waals surface area contributed by atoms with Gasteiger partial charge in [0.2, 0.25) is 0 Å². The molecule has 0 unspecified atom stereocenters. The fourth-order valence-corrected chi connectivity index (χ4v) is 4.16. The summed E-state index contributed by atoms with van der Waals surface area (Å²) in [5.41, 5.74) is 2.79. The van der Waals surface area contributed by atoms with Gasteiger partial charge in [-0.15, -0.1) is 0 Å². The van der Waals surface area contributed by atoms with Crippen LogP contribution in [0, 0.1) is 5.92 Å². The molecule has 0 aromatic heterocycles. The summed E-state index contributed by atoms with van der Waals surface area (Å²) in [5, 5.41) is 3.57. The van der Waals surface area contributed by atoms with Crippen LogP contribution in [-0.2, 0) is 6.54 Å². The summed E-state index contributed by atoms with van der Waals surface area (Å²) in [7, 11) is 0. The van der Waals surface area contributed by atoms with Crippen molar-refractivity contribution in [3.63, 3.8) is 0 Å². The minimum atomic E-state index is 0.337. The molecule has 1 aromatic carbocycles. The zero-order valence-corrected chi connectivity index (χ0v) is 16.0. The van der Waals surface area contributed by atoms with E-state index < -0.39 is 0 Å². The van der Waals surface area contributed by atoms with Crippen LogP contribution in [0.25, 0.3) is 0 Å². The average molecular weight is 371 g/mol. The SMILES string of the molecule is CC(C)CNCc1ccc(Br)cc1N1CCSC(C)(C)C1. The van der Waals surface area contributed by atoms with E-state index >= 15 is 0 Å². The van der Waals surface area contributed by atoms with E-state index in [1.807, 2.05) is 0 Å². The molecular formula is C17H27BrN2S. The zero-order chi connectivity index (χ0) is 15.5. The van der Waals surface area contributed by atoms with Gasteiger partial charge in [0, 0.05) is 40.3 Å². The van der Waals surface area contributed by atoms with Gasteiger partial charge < -0.3 is 10.2 Å². The first kappa shape index (κ1) is 17.2. The summed E-state index contributed by atoms with van der Waals surface area (Å²) in [4.78, 5) is 2.55. The molecule has 2 nitrogen and oxygen atoms in total. The van der Waals surface area contributed by atoms with Crippen LogP contribution in [0.5, 0.6) is 0 Å². The van der Waals surface area contributed by atoms with Gasteiger partial charge in [0.25, 0.3) is 0 Å². The van der Waals surface area contributed by atoms with Crippen LogP contribution < -0.4 is 10.2 Å². The lowest BCUT2D eigenvalue weighted by molar-refractivity contribution is 0.551. The Morgan fingerprint density at radius 1 is 1.38 bits per heavy atom. The molecule has 0 amide bonds. The predicted octanol–water partition coefficient (Wildman–Crippen LogP) is 4.53. The maximum atomic E-state index is 3.63. The summed E-state index contributed by atoms with van der Waals surface area (Å²) in [5.74, 6) is 1.90. The van der Waals surface area contributed by atoms with Gasteiger partial charge in [-0.25, -0.2) is 0 Å². The monoisotopic (exact) mass is 370 g/mol. The van der Waals surface area contributed by atoms with E-state index in [4.69, 9.17) is 0 Å². The van der Waals surface area contributed by atoms with Crippen molar-refractivity contribution >= 4 is 33.4 Å². The van der Waals surface area contributed by atoms with Crippen molar-refractivity contribution < 1.29 is 0 Å². The summed E-state index contributed by atoms with van der Waals surface area (Å²) in [6.07, 6.45) is 0. The van der Waals surface area contributed by atoms with E-state index in [0.717, 1.165) is 26.2 Å². The molecule has 1 heterocycles. The second kappa shape index (κ2) is 7.38. The van der Waals surface area contributed by atoms with Gasteiger partial charge in [0.1, 0.15) is 0 Å². The van der Waals surface area contributed by atoms with Crippen LogP contribution in [0.1, 0.15) is 33.3 Å². The summed E-state index contributed by atoms with van der Waals surface area (Å²) < 4.78 is 1.50. The first-order valence-corrected chi connectivity index (χ1v) is 9.53. The molecule has 118 valence electrons. The number of rotatable bonds is 5. The molecule has 0 bridgehead atoms. The number of anilines is 1. The highest BCUT2D eigenvalue weighted by Crippen LogP contribution is 2.34. The number of benzene rings is 1. The van der Waals surface area contributed by atoms with Gasteiger partial charge >= 0.3 is 0 Å². The van der Waals surface area contributed by atoms with Gasteiger partial charge in [-0.05, 0) is 44.0 Å². The molecule has 0 saturated carbocycles. The van der Waals surface area contributed by atoms with Crippen LogP contribution in [0.3, 0.4) is 0 Å². The smallest absolute Gasteiger partial charge is 0.0423 e. The molecule has 4 heteroatoms. The lowest BCUT2D eigenvalue weighted by Gasteiger charge is -2.40. The van der Waals surface area contributed by atoms with Gasteiger partial charge in [0.05, 0.1) is 0 Å². The molecule has 0 atom stereocenters. The Morgan fingerprint density at radius 3 is 2.81 bits per heavy atom. The molecule has 0 aliphatic carbocycles. The second-order valence-electron chi connectivity index (χ2n) is 6.83. The van der Waals surface area contributed by atoms with Crippen LogP contribution in [0.2, 0.25) is 0 Å². The maximum absolute atomic E-state index is 3.63. The fraction of sp³-hybridized carbons (Fsp3) is 0.647. The Kier molecular flexibility index (Phi) is 6.04. The lowest BCUT2D eigenvalue weighted by atomic mass is 10.1. The highest BCUT2D eigenvalue weighted by molar-refractivity contribution is 9.10. The van der Waals surface area contributed by atoms with Crippen LogP contribution in [0.15, 0.2) is 22.7 Å². The van der Waals surface area contributed by atoms with E-state index in [-0.39, 0.29) is 0 Å². The predicted molar refractivity (Wildman–Crippen MR) is 99.4 cm³/mol. The number of halogens is 1. The number of thioether (sulfide) groups is 1. The Balaban J connectivity index is 2.14. The summed E-state index contributed by atoms with van der Waals surface area (Å²) >= 11 is 5.71. The van der Waals surface area contributed by atoms with Gasteiger partial charge in [0.15, 0.2) is 0 Å². The van der Waals surface area contributed by atoms with Crippen LogP contribution in [0.4, 0.5) is 5.69 Å². The molecule has 1 N–H and O–H groups in total. The number of hydrogen-bond acceptors (Lipinski definition) is 3. The van der Waals surface area contributed by atoms with Gasteiger partial charge in [-0.1, -0.05) is 35.8 Å².